The highest BCUT2D eigenvalue weighted by Crippen LogP contribution is 2.35. The number of fused-ring (bicyclic) bond motifs is 1. The van der Waals surface area contributed by atoms with Crippen molar-refractivity contribution in [2.24, 2.45) is 0 Å². The number of nitrogens with one attached hydrogen (secondary N) is 1. The minimum absolute atomic E-state index is 0.0834. The normalized spacial score (nSPS) is 23.2. The number of amides is 1. The molecule has 2 atom stereocenters. The summed E-state index contributed by atoms with van der Waals surface area (Å²) in [6.07, 6.45) is 2.97. The molecule has 19 heavy (non-hydrogen) atoms. The van der Waals surface area contributed by atoms with E-state index in [-0.39, 0.29) is 24.9 Å². The molecule has 2 aliphatic rings. The average molecular weight is 263 g/mol. The fraction of sp³-hybridized carbons (Fsp3) is 0.500. The van der Waals surface area contributed by atoms with E-state index in [1.54, 1.807) is 18.2 Å². The third-order valence-corrected chi connectivity index (χ3v) is 3.32. The molecular weight excluding hydrogens is 246 g/mol. The Morgan fingerprint density at radius 3 is 3.05 bits per heavy atom. The summed E-state index contributed by atoms with van der Waals surface area (Å²) in [4.78, 5) is 11.9. The molecular formula is C14H17NO4. The maximum Gasteiger partial charge on any atom is 0.256 e. The first-order valence-electron chi connectivity index (χ1n) is 6.64. The van der Waals surface area contributed by atoms with E-state index in [4.69, 9.17) is 14.2 Å². The molecule has 5 nitrogen and oxygen atoms in total. The van der Waals surface area contributed by atoms with Crippen LogP contribution in [0.3, 0.4) is 0 Å². The van der Waals surface area contributed by atoms with Crippen molar-refractivity contribution >= 4 is 11.6 Å². The number of rotatable bonds is 5. The van der Waals surface area contributed by atoms with Gasteiger partial charge in [-0.2, -0.15) is 0 Å². The van der Waals surface area contributed by atoms with Gasteiger partial charge in [0.2, 0.25) is 6.79 Å². The Labute approximate surface area is 111 Å². The van der Waals surface area contributed by atoms with Crippen LogP contribution in [0.4, 0.5) is 5.69 Å². The van der Waals surface area contributed by atoms with Gasteiger partial charge in [-0.25, -0.2) is 0 Å². The Hall–Kier alpha value is -1.75. The molecule has 0 aromatic heterocycles. The van der Waals surface area contributed by atoms with Crippen molar-refractivity contribution < 1.29 is 19.0 Å². The van der Waals surface area contributed by atoms with Crippen LogP contribution in [-0.2, 0) is 9.53 Å². The molecule has 5 heteroatoms. The standard InChI is InChI=1S/C14H17NO4/c1-2-3-4-11-13(19-11)14(16)15-9-5-6-10-12(7-9)18-8-17-10/h5-7,11,13H,2-4,8H2,1H3,(H,15,16)/t11-,13+/m1/s1. The Bertz CT molecular complexity index is 488. The van der Waals surface area contributed by atoms with Crippen LogP contribution in [-0.4, -0.2) is 24.9 Å². The molecule has 1 amide bonds. The van der Waals surface area contributed by atoms with Gasteiger partial charge in [-0.05, 0) is 18.6 Å². The molecule has 2 aliphatic heterocycles. The SMILES string of the molecule is CCCC[C@H]1O[C@@H]1C(=O)Nc1ccc2c(c1)OCO2. The molecule has 1 aromatic carbocycles. The zero-order chi connectivity index (χ0) is 13.2. The van der Waals surface area contributed by atoms with Gasteiger partial charge >= 0.3 is 0 Å². The second-order valence-electron chi connectivity index (χ2n) is 4.79. The van der Waals surface area contributed by atoms with Crippen LogP contribution in [0.5, 0.6) is 11.5 Å². The van der Waals surface area contributed by atoms with Crippen molar-refractivity contribution in [2.45, 2.75) is 38.4 Å². The monoisotopic (exact) mass is 263 g/mol. The first-order chi connectivity index (χ1) is 9.28. The van der Waals surface area contributed by atoms with Gasteiger partial charge in [0.25, 0.3) is 5.91 Å². The van der Waals surface area contributed by atoms with Crippen molar-refractivity contribution in [1.29, 1.82) is 0 Å². The fourth-order valence-corrected chi connectivity index (χ4v) is 2.19. The highest BCUT2D eigenvalue weighted by atomic mass is 16.7. The summed E-state index contributed by atoms with van der Waals surface area (Å²) in [5.41, 5.74) is 0.707. The second kappa shape index (κ2) is 5.09. The maximum atomic E-state index is 11.9. The fourth-order valence-electron chi connectivity index (χ4n) is 2.19. The van der Waals surface area contributed by atoms with E-state index >= 15 is 0 Å². The van der Waals surface area contributed by atoms with Gasteiger partial charge in [0.1, 0.15) is 0 Å². The predicted molar refractivity (Wildman–Crippen MR) is 69.4 cm³/mol. The van der Waals surface area contributed by atoms with E-state index in [1.165, 1.54) is 0 Å². The number of hydrogen-bond donors (Lipinski definition) is 1. The molecule has 1 aromatic rings. The number of benzene rings is 1. The Morgan fingerprint density at radius 1 is 1.37 bits per heavy atom. The molecule has 1 N–H and O–H groups in total. The summed E-state index contributed by atoms with van der Waals surface area (Å²) in [6.45, 7) is 2.36. The summed E-state index contributed by atoms with van der Waals surface area (Å²) < 4.78 is 15.9. The zero-order valence-electron chi connectivity index (χ0n) is 10.8. The molecule has 0 unspecified atom stereocenters. The number of carbonyl (C=O) groups is 1. The molecule has 0 saturated carbocycles. The number of unbranched alkanes of at least 4 members (excludes halogenated alkanes) is 1. The van der Waals surface area contributed by atoms with Gasteiger partial charge < -0.3 is 19.5 Å². The quantitative estimate of drug-likeness (QED) is 0.828. The van der Waals surface area contributed by atoms with Crippen LogP contribution >= 0.6 is 0 Å². The highest BCUT2D eigenvalue weighted by molar-refractivity contribution is 5.96. The van der Waals surface area contributed by atoms with Crippen molar-refractivity contribution in [3.8, 4) is 11.5 Å². The van der Waals surface area contributed by atoms with E-state index < -0.39 is 0 Å². The minimum atomic E-state index is -0.294. The number of epoxide rings is 1. The van der Waals surface area contributed by atoms with Crippen molar-refractivity contribution in [2.75, 3.05) is 12.1 Å². The third kappa shape index (κ3) is 2.66. The Balaban J connectivity index is 1.56. The van der Waals surface area contributed by atoms with E-state index in [9.17, 15) is 4.79 Å². The minimum Gasteiger partial charge on any atom is -0.454 e. The van der Waals surface area contributed by atoms with Gasteiger partial charge in [-0.3, -0.25) is 4.79 Å². The molecule has 1 saturated heterocycles. The van der Waals surface area contributed by atoms with Gasteiger partial charge in [-0.15, -0.1) is 0 Å². The van der Waals surface area contributed by atoms with Gasteiger partial charge in [0.05, 0.1) is 6.10 Å². The smallest absolute Gasteiger partial charge is 0.256 e. The van der Waals surface area contributed by atoms with Gasteiger partial charge in [-0.1, -0.05) is 19.8 Å². The predicted octanol–water partition coefficient (Wildman–Crippen LogP) is 2.31. The van der Waals surface area contributed by atoms with Crippen LogP contribution in [0.1, 0.15) is 26.2 Å². The third-order valence-electron chi connectivity index (χ3n) is 3.32. The zero-order valence-corrected chi connectivity index (χ0v) is 10.8. The van der Waals surface area contributed by atoms with Crippen LogP contribution in [0.25, 0.3) is 0 Å². The number of hydrogen-bond acceptors (Lipinski definition) is 4. The molecule has 0 bridgehead atoms. The van der Waals surface area contributed by atoms with Crippen molar-refractivity contribution in [3.63, 3.8) is 0 Å². The van der Waals surface area contributed by atoms with Crippen LogP contribution in [0.2, 0.25) is 0 Å². The topological polar surface area (TPSA) is 60.1 Å². The molecule has 102 valence electrons. The Morgan fingerprint density at radius 2 is 2.21 bits per heavy atom. The van der Waals surface area contributed by atoms with Crippen LogP contribution in [0, 0.1) is 0 Å². The van der Waals surface area contributed by atoms with Crippen LogP contribution in [0.15, 0.2) is 18.2 Å². The lowest BCUT2D eigenvalue weighted by Crippen LogP contribution is -2.19. The summed E-state index contributed by atoms with van der Waals surface area (Å²) in [5, 5.41) is 2.84. The summed E-state index contributed by atoms with van der Waals surface area (Å²) in [7, 11) is 0. The highest BCUT2D eigenvalue weighted by Gasteiger charge is 2.44. The molecule has 3 rings (SSSR count). The summed E-state index contributed by atoms with van der Waals surface area (Å²) in [5.74, 6) is 1.29. The van der Waals surface area contributed by atoms with Crippen molar-refractivity contribution in [3.05, 3.63) is 18.2 Å². The second-order valence-corrected chi connectivity index (χ2v) is 4.79. The van der Waals surface area contributed by atoms with E-state index in [0.29, 0.717) is 17.2 Å². The van der Waals surface area contributed by atoms with Gasteiger partial charge in [0, 0.05) is 11.8 Å². The average Bonchev–Trinajstić information content (AvgIpc) is 3.05. The van der Waals surface area contributed by atoms with Crippen molar-refractivity contribution in [1.82, 2.24) is 0 Å². The lowest BCUT2D eigenvalue weighted by atomic mass is 10.1. The molecule has 0 aliphatic carbocycles. The lowest BCUT2D eigenvalue weighted by molar-refractivity contribution is -0.117. The van der Waals surface area contributed by atoms with E-state index in [0.717, 1.165) is 19.3 Å². The first kappa shape index (κ1) is 12.3. The molecule has 1 fully saturated rings. The van der Waals surface area contributed by atoms with Gasteiger partial charge in [0.15, 0.2) is 17.6 Å². The number of ether oxygens (including phenoxy) is 3. The lowest BCUT2D eigenvalue weighted by Gasteiger charge is -2.04. The van der Waals surface area contributed by atoms with E-state index in [2.05, 4.69) is 12.2 Å². The molecule has 0 radical (unpaired) electrons. The van der Waals surface area contributed by atoms with Crippen LogP contribution < -0.4 is 14.8 Å². The maximum absolute atomic E-state index is 11.9. The molecule has 0 spiro atoms. The first-order valence-corrected chi connectivity index (χ1v) is 6.64. The molecule has 2 heterocycles. The number of anilines is 1. The largest absolute Gasteiger partial charge is 0.454 e. The summed E-state index contributed by atoms with van der Waals surface area (Å²) in [6, 6.07) is 5.36. The van der Waals surface area contributed by atoms with E-state index in [1.807, 2.05) is 0 Å². The number of carbonyl (C=O) groups excluding carboxylic acids is 1. The Kier molecular flexibility index (Phi) is 3.29. The summed E-state index contributed by atoms with van der Waals surface area (Å²) >= 11 is 0.